The summed E-state index contributed by atoms with van der Waals surface area (Å²) in [5, 5.41) is 6.07. The second-order valence-electron chi connectivity index (χ2n) is 3.14. The van der Waals surface area contributed by atoms with Crippen molar-refractivity contribution in [3.63, 3.8) is 0 Å². The van der Waals surface area contributed by atoms with Crippen molar-refractivity contribution in [1.82, 2.24) is 9.78 Å². The van der Waals surface area contributed by atoms with Crippen molar-refractivity contribution < 1.29 is 0 Å². The van der Waals surface area contributed by atoms with Crippen LogP contribution in [0.15, 0.2) is 18.3 Å². The lowest BCUT2D eigenvalue weighted by Gasteiger charge is -2.00. The molecule has 0 unspecified atom stereocenters. The van der Waals surface area contributed by atoms with Gasteiger partial charge in [0.25, 0.3) is 0 Å². The number of rotatable bonds is 1. The predicted octanol–water partition coefficient (Wildman–Crippen LogP) is 2.79. The molecule has 1 aromatic heterocycles. The maximum absolute atomic E-state index is 6.13. The smallest absolute Gasteiger partial charge is 0.0865 e. The molecule has 0 N–H and O–H groups in total. The van der Waals surface area contributed by atoms with E-state index < -0.39 is 0 Å². The van der Waals surface area contributed by atoms with E-state index in [4.69, 9.17) is 11.6 Å². The fourth-order valence-corrected chi connectivity index (χ4v) is 1.90. The average molecular weight is 195 g/mol. The molecule has 0 saturated heterocycles. The van der Waals surface area contributed by atoms with Gasteiger partial charge in [0.05, 0.1) is 16.7 Å². The maximum atomic E-state index is 6.13. The monoisotopic (exact) mass is 194 g/mol. The fourth-order valence-electron chi connectivity index (χ4n) is 1.53. The minimum atomic E-state index is 0.786. The Bertz CT molecular complexity index is 445. The number of fused-ring (bicyclic) bond motifs is 1. The Morgan fingerprint density at radius 1 is 1.46 bits per heavy atom. The van der Waals surface area contributed by atoms with Crippen LogP contribution in [0, 0.1) is 0 Å². The van der Waals surface area contributed by atoms with Crippen molar-refractivity contribution in [3.8, 4) is 0 Å². The van der Waals surface area contributed by atoms with Crippen LogP contribution >= 0.6 is 11.6 Å². The first-order chi connectivity index (χ1) is 6.22. The van der Waals surface area contributed by atoms with E-state index in [-0.39, 0.29) is 0 Å². The maximum Gasteiger partial charge on any atom is 0.0865 e. The van der Waals surface area contributed by atoms with Gasteiger partial charge in [-0.05, 0) is 24.1 Å². The lowest BCUT2D eigenvalue weighted by Crippen LogP contribution is -1.90. The molecule has 2 rings (SSSR count). The van der Waals surface area contributed by atoms with Crippen molar-refractivity contribution >= 4 is 22.5 Å². The third-order valence-electron chi connectivity index (χ3n) is 2.25. The molecule has 0 atom stereocenters. The van der Waals surface area contributed by atoms with Crippen molar-refractivity contribution in [2.24, 2.45) is 7.05 Å². The molecule has 1 heterocycles. The molecule has 0 radical (unpaired) electrons. The third kappa shape index (κ3) is 1.31. The zero-order chi connectivity index (χ0) is 9.42. The van der Waals surface area contributed by atoms with Gasteiger partial charge >= 0.3 is 0 Å². The number of hydrogen-bond donors (Lipinski definition) is 0. The predicted molar refractivity (Wildman–Crippen MR) is 55.1 cm³/mol. The van der Waals surface area contributed by atoms with E-state index >= 15 is 0 Å². The summed E-state index contributed by atoms with van der Waals surface area (Å²) < 4.78 is 1.80. The van der Waals surface area contributed by atoms with Gasteiger partial charge in [0.15, 0.2) is 0 Å². The molecule has 3 heteroatoms. The number of benzene rings is 1. The number of nitrogens with zero attached hydrogens (tertiary/aromatic N) is 2. The van der Waals surface area contributed by atoms with Gasteiger partial charge in [0.1, 0.15) is 0 Å². The van der Waals surface area contributed by atoms with Crippen LogP contribution < -0.4 is 0 Å². The molecule has 68 valence electrons. The zero-order valence-electron chi connectivity index (χ0n) is 7.71. The number of aromatic nitrogens is 2. The highest BCUT2D eigenvalue weighted by molar-refractivity contribution is 6.35. The van der Waals surface area contributed by atoms with E-state index in [0.717, 1.165) is 22.3 Å². The molecule has 13 heavy (non-hydrogen) atoms. The summed E-state index contributed by atoms with van der Waals surface area (Å²) in [5.74, 6) is 0. The molecule has 2 aromatic rings. The van der Waals surface area contributed by atoms with Gasteiger partial charge in [-0.2, -0.15) is 5.10 Å². The molecular formula is C10H11ClN2. The van der Waals surface area contributed by atoms with Crippen molar-refractivity contribution in [3.05, 3.63) is 28.9 Å². The fraction of sp³-hybridized carbons (Fsp3) is 0.300. The van der Waals surface area contributed by atoms with Gasteiger partial charge < -0.3 is 0 Å². The second-order valence-corrected chi connectivity index (χ2v) is 3.54. The van der Waals surface area contributed by atoms with E-state index in [0.29, 0.717) is 0 Å². The molecule has 0 aliphatic carbocycles. The third-order valence-corrected chi connectivity index (χ3v) is 2.54. The Hall–Kier alpha value is -1.02. The van der Waals surface area contributed by atoms with E-state index in [9.17, 15) is 0 Å². The van der Waals surface area contributed by atoms with Crippen molar-refractivity contribution in [2.75, 3.05) is 0 Å². The molecule has 0 bridgehead atoms. The number of hydrogen-bond acceptors (Lipinski definition) is 1. The summed E-state index contributed by atoms with van der Waals surface area (Å²) in [5.41, 5.74) is 2.27. The van der Waals surface area contributed by atoms with E-state index in [2.05, 4.69) is 18.1 Å². The van der Waals surface area contributed by atoms with E-state index in [1.165, 1.54) is 5.56 Å². The largest absolute Gasteiger partial charge is 0.266 e. The molecule has 0 aliphatic rings. The number of halogens is 1. The molecule has 0 spiro atoms. The Morgan fingerprint density at radius 3 is 2.92 bits per heavy atom. The summed E-state index contributed by atoms with van der Waals surface area (Å²) in [7, 11) is 1.90. The number of aryl methyl sites for hydroxylation is 2. The van der Waals surface area contributed by atoms with Crippen LogP contribution in [0.5, 0.6) is 0 Å². The molecule has 0 saturated carbocycles. The highest BCUT2D eigenvalue weighted by Crippen LogP contribution is 2.24. The van der Waals surface area contributed by atoms with Crippen LogP contribution in [0.1, 0.15) is 12.5 Å². The summed E-state index contributed by atoms with van der Waals surface area (Å²) in [6.07, 6.45) is 2.85. The van der Waals surface area contributed by atoms with Crippen LogP contribution in [-0.4, -0.2) is 9.78 Å². The first-order valence-corrected chi connectivity index (χ1v) is 4.70. The minimum absolute atomic E-state index is 0.786. The first-order valence-electron chi connectivity index (χ1n) is 4.32. The normalized spacial score (nSPS) is 11.0. The van der Waals surface area contributed by atoms with Crippen molar-refractivity contribution in [2.45, 2.75) is 13.3 Å². The van der Waals surface area contributed by atoms with Gasteiger partial charge in [0, 0.05) is 12.4 Å². The van der Waals surface area contributed by atoms with Crippen LogP contribution in [-0.2, 0) is 13.5 Å². The van der Waals surface area contributed by atoms with Crippen LogP contribution in [0.3, 0.4) is 0 Å². The average Bonchev–Trinajstić information content (AvgIpc) is 2.48. The summed E-state index contributed by atoms with van der Waals surface area (Å²) in [4.78, 5) is 0. The van der Waals surface area contributed by atoms with Gasteiger partial charge in [-0.1, -0.05) is 18.5 Å². The Labute approximate surface area is 82.1 Å². The van der Waals surface area contributed by atoms with E-state index in [1.807, 2.05) is 19.3 Å². The van der Waals surface area contributed by atoms with Gasteiger partial charge in [-0.25, -0.2) is 0 Å². The highest BCUT2D eigenvalue weighted by Gasteiger charge is 2.05. The molecule has 0 aliphatic heterocycles. The van der Waals surface area contributed by atoms with Crippen molar-refractivity contribution in [1.29, 1.82) is 0 Å². The Balaban J connectivity index is 2.79. The lowest BCUT2D eigenvalue weighted by atomic mass is 10.1. The summed E-state index contributed by atoms with van der Waals surface area (Å²) in [6.45, 7) is 2.12. The molecule has 2 nitrogen and oxygen atoms in total. The SMILES string of the molecule is CCc1cc(Cl)c2c(cnn2C)c1. The summed E-state index contributed by atoms with van der Waals surface area (Å²) >= 11 is 6.13. The molecular weight excluding hydrogens is 184 g/mol. The first kappa shape index (κ1) is 8.57. The van der Waals surface area contributed by atoms with Gasteiger partial charge in [-0.3, -0.25) is 4.68 Å². The van der Waals surface area contributed by atoms with Gasteiger partial charge in [0.2, 0.25) is 0 Å². The lowest BCUT2D eigenvalue weighted by molar-refractivity contribution is 0.797. The molecule has 0 amide bonds. The minimum Gasteiger partial charge on any atom is -0.266 e. The topological polar surface area (TPSA) is 17.8 Å². The van der Waals surface area contributed by atoms with Gasteiger partial charge in [-0.15, -0.1) is 0 Å². The standard InChI is InChI=1S/C10H11ClN2/c1-3-7-4-8-6-12-13(2)10(8)9(11)5-7/h4-6H,3H2,1-2H3. The quantitative estimate of drug-likeness (QED) is 0.683. The summed E-state index contributed by atoms with van der Waals surface area (Å²) in [6, 6.07) is 4.14. The Kier molecular flexibility index (Phi) is 2.00. The highest BCUT2D eigenvalue weighted by atomic mass is 35.5. The van der Waals surface area contributed by atoms with Crippen LogP contribution in [0.2, 0.25) is 5.02 Å². The Morgan fingerprint density at radius 2 is 2.23 bits per heavy atom. The van der Waals surface area contributed by atoms with E-state index in [1.54, 1.807) is 4.68 Å². The second kappa shape index (κ2) is 3.04. The zero-order valence-corrected chi connectivity index (χ0v) is 8.47. The van der Waals surface area contributed by atoms with Crippen LogP contribution in [0.25, 0.3) is 10.9 Å². The molecule has 1 aromatic carbocycles. The van der Waals surface area contributed by atoms with Crippen LogP contribution in [0.4, 0.5) is 0 Å². The molecule has 0 fully saturated rings.